The predicted octanol–water partition coefficient (Wildman–Crippen LogP) is 7.48. The number of alkyl halides is 3. The van der Waals surface area contributed by atoms with Gasteiger partial charge in [0, 0.05) is 53.3 Å². The van der Waals surface area contributed by atoms with Crippen molar-refractivity contribution < 1.29 is 51.7 Å². The number of carbonyl (C=O) groups is 2. The molecule has 3 amide bonds. The zero-order valence-electron chi connectivity index (χ0n) is 35.6. The Morgan fingerprint density at radius 1 is 1.02 bits per heavy atom. The van der Waals surface area contributed by atoms with Crippen molar-refractivity contribution in [2.24, 2.45) is 0 Å². The van der Waals surface area contributed by atoms with Crippen LogP contribution in [0.1, 0.15) is 47.3 Å². The lowest BCUT2D eigenvalue weighted by Crippen LogP contribution is -2.47. The fraction of sp³-hybridized carbons (Fsp3) is 0.409. The average molecular weight is 970 g/mol. The maximum atomic E-state index is 13.5. The van der Waals surface area contributed by atoms with Gasteiger partial charge in [-0.3, -0.25) is 30.1 Å². The van der Waals surface area contributed by atoms with Crippen molar-refractivity contribution in [3.05, 3.63) is 110 Å². The number of piperidine rings is 1. The number of nitro benzene ring substituents is 1. The minimum absolute atomic E-state index is 0.0674. The third kappa shape index (κ3) is 12.3. The second-order valence-corrected chi connectivity index (χ2v) is 16.8. The number of aliphatic hydroxyl groups is 1. The zero-order chi connectivity index (χ0) is 46.3. The third-order valence-corrected chi connectivity index (χ3v) is 12.0. The highest BCUT2D eigenvalue weighted by atomic mass is 79.9. The van der Waals surface area contributed by atoms with Crippen LogP contribution in [-0.4, -0.2) is 112 Å². The van der Waals surface area contributed by atoms with E-state index in [2.05, 4.69) is 46.4 Å². The summed E-state index contributed by atoms with van der Waals surface area (Å²) in [6.45, 7) is 7.38. The molecule has 2 saturated heterocycles. The van der Waals surface area contributed by atoms with Gasteiger partial charge in [0.15, 0.2) is 5.82 Å². The largest absolute Gasteiger partial charge is 0.491 e. The summed E-state index contributed by atoms with van der Waals surface area (Å²) in [7, 11) is 0. The Morgan fingerprint density at radius 2 is 1.78 bits per heavy atom. The molecule has 0 aliphatic carbocycles. The Kier molecular flexibility index (Phi) is 14.9. The molecule has 2 aliphatic heterocycles. The van der Waals surface area contributed by atoms with Crippen molar-refractivity contribution in [1.29, 1.82) is 0 Å². The van der Waals surface area contributed by atoms with E-state index in [1.54, 1.807) is 30.2 Å². The Bertz CT molecular complexity index is 2480. The number of halogens is 4. The topological polar surface area (TPSA) is 207 Å². The highest BCUT2D eigenvalue weighted by molar-refractivity contribution is 9.10. The highest BCUT2D eigenvalue weighted by Crippen LogP contribution is 2.41. The Morgan fingerprint density at radius 3 is 2.49 bits per heavy atom. The number of hydrogen-bond acceptors (Lipinski definition) is 12. The molecule has 7 rings (SSSR count). The van der Waals surface area contributed by atoms with Crippen LogP contribution in [0.25, 0.3) is 10.9 Å². The second-order valence-electron chi connectivity index (χ2n) is 15.9. The van der Waals surface area contributed by atoms with Gasteiger partial charge < -0.3 is 39.3 Å². The van der Waals surface area contributed by atoms with E-state index in [-0.39, 0.29) is 49.7 Å². The van der Waals surface area contributed by atoms with Crippen LogP contribution in [0, 0.1) is 24.0 Å². The summed E-state index contributed by atoms with van der Waals surface area (Å²) in [6.07, 6.45) is -1.47. The number of nitrogens with one attached hydrogen (secondary N) is 3. The van der Waals surface area contributed by atoms with Gasteiger partial charge in [0.1, 0.15) is 42.0 Å². The first-order valence-electron chi connectivity index (χ1n) is 20.8. The van der Waals surface area contributed by atoms with Crippen molar-refractivity contribution in [2.75, 3.05) is 69.8 Å². The first-order valence-corrected chi connectivity index (χ1v) is 21.6. The molecule has 65 heavy (non-hydrogen) atoms. The van der Waals surface area contributed by atoms with Crippen LogP contribution in [0.4, 0.5) is 35.2 Å². The minimum atomic E-state index is -4.90. The van der Waals surface area contributed by atoms with E-state index < -0.39 is 40.1 Å². The molecule has 346 valence electrons. The lowest BCUT2D eigenvalue weighted by Gasteiger charge is -2.37. The van der Waals surface area contributed by atoms with E-state index >= 15 is 0 Å². The maximum Gasteiger partial charge on any atom is 0.423 e. The zero-order valence-corrected chi connectivity index (χ0v) is 37.2. The van der Waals surface area contributed by atoms with Gasteiger partial charge in [-0.1, -0.05) is 28.1 Å². The molecule has 0 radical (unpaired) electrons. The Balaban J connectivity index is 0.792. The first kappa shape index (κ1) is 47.1. The molecule has 4 N–H and O–H groups in total. The number of morpholine rings is 1. The van der Waals surface area contributed by atoms with Crippen molar-refractivity contribution >= 4 is 56.0 Å². The number of aromatic amines is 1. The van der Waals surface area contributed by atoms with E-state index in [4.69, 9.17) is 18.9 Å². The van der Waals surface area contributed by atoms with Gasteiger partial charge >= 0.3 is 12.2 Å². The number of ether oxygens (including phenoxy) is 4. The molecule has 1 atom stereocenters. The molecule has 0 spiro atoms. The van der Waals surface area contributed by atoms with Crippen LogP contribution in [0.3, 0.4) is 0 Å². The number of benzene rings is 3. The number of aromatic nitrogens is 3. The number of carbonyl (C=O) groups excluding carboxylic acids is 2. The number of nitrogens with zero attached hydrogens (tertiary/aromatic N) is 5. The molecular formula is C44H48BrF3N8O9. The molecule has 4 heterocycles. The molecule has 2 fully saturated rings. The quantitative estimate of drug-likeness (QED) is 0.0432. The molecule has 0 unspecified atom stereocenters. The van der Waals surface area contributed by atoms with E-state index in [0.717, 1.165) is 33.4 Å². The first-order chi connectivity index (χ1) is 31.0. The van der Waals surface area contributed by atoms with E-state index in [1.165, 1.54) is 12.3 Å². The number of fused-ring (bicyclic) bond motifs is 1. The van der Waals surface area contributed by atoms with Crippen LogP contribution in [-0.2, 0) is 32.6 Å². The molecular weight excluding hydrogens is 921 g/mol. The smallest absolute Gasteiger partial charge is 0.423 e. The number of aryl methyl sites for hydroxylation is 2. The van der Waals surface area contributed by atoms with E-state index in [9.17, 15) is 38.0 Å². The number of nitro groups is 1. The molecule has 17 nitrogen and oxygen atoms in total. The standard InChI is InChI=1S/C44H48BrF3N8O9/c1-27-17-38(36(21-34(27)45)52-42(58)53-40-23-49-28(2)22-50-40)65-26-32-25-55(12-14-63-32)41(57)7-13-62-15-16-64-31-5-3-29(4-6-31)24-54-10-8-43(59,9-11-54)39-19-30-18-37(56(60)61)33(44(46,47)48)20-35(30)51-39/h3-6,17-23,32,51,59H,7-16,24-26H2,1-2H3,(H2,50,52,53,58)/t32-/m0/s1. The van der Waals surface area contributed by atoms with Gasteiger partial charge in [0.25, 0.3) is 5.69 Å². The summed E-state index contributed by atoms with van der Waals surface area (Å²) in [4.78, 5) is 51.1. The molecule has 0 saturated carbocycles. The fourth-order valence-corrected chi connectivity index (χ4v) is 7.91. The molecule has 0 bridgehead atoms. The lowest BCUT2D eigenvalue weighted by molar-refractivity contribution is -0.387. The van der Waals surface area contributed by atoms with Crippen molar-refractivity contribution in [3.8, 4) is 11.5 Å². The van der Waals surface area contributed by atoms with Crippen molar-refractivity contribution in [2.45, 2.75) is 57.5 Å². The average Bonchev–Trinajstić information content (AvgIpc) is 3.72. The van der Waals surface area contributed by atoms with Crippen molar-refractivity contribution in [1.82, 2.24) is 24.8 Å². The summed E-state index contributed by atoms with van der Waals surface area (Å²) in [6, 6.07) is 13.7. The normalized spacial score (nSPS) is 16.6. The monoisotopic (exact) mass is 968 g/mol. The Labute approximate surface area is 379 Å². The van der Waals surface area contributed by atoms with E-state index in [1.807, 2.05) is 31.2 Å². The summed E-state index contributed by atoms with van der Waals surface area (Å²) in [5, 5.41) is 28.5. The van der Waals surface area contributed by atoms with Crippen LogP contribution in [0.2, 0.25) is 0 Å². The van der Waals surface area contributed by atoms with Crippen molar-refractivity contribution in [3.63, 3.8) is 0 Å². The SMILES string of the molecule is Cc1cnc(NC(=O)Nc2cc(Br)c(C)cc2OC[C@@H]2CN(C(=O)CCOCCOc3ccc(CN4CCC(O)(c5cc6cc([N+](=O)[O-])c(C(F)(F)F)cc6[nH]5)CC4)cc3)CCO2)cn1. The lowest BCUT2D eigenvalue weighted by atomic mass is 9.88. The Hall–Kier alpha value is -5.87. The van der Waals surface area contributed by atoms with Crippen LogP contribution in [0.5, 0.6) is 11.5 Å². The van der Waals surface area contributed by atoms with Gasteiger partial charge in [-0.25, -0.2) is 9.78 Å². The number of hydrogen-bond donors (Lipinski definition) is 4. The summed E-state index contributed by atoms with van der Waals surface area (Å²) in [5.41, 5.74) is -0.249. The third-order valence-electron chi connectivity index (χ3n) is 11.2. The number of H-pyrrole nitrogens is 1. The summed E-state index contributed by atoms with van der Waals surface area (Å²) >= 11 is 3.51. The molecule has 2 aliphatic rings. The van der Waals surface area contributed by atoms with E-state index in [0.29, 0.717) is 80.9 Å². The van der Waals surface area contributed by atoms with Gasteiger partial charge in [0.2, 0.25) is 5.91 Å². The van der Waals surface area contributed by atoms with Gasteiger partial charge in [-0.2, -0.15) is 13.2 Å². The maximum absolute atomic E-state index is 13.5. The minimum Gasteiger partial charge on any atom is -0.491 e. The number of likely N-dealkylation sites (tertiary alicyclic amines) is 1. The van der Waals surface area contributed by atoms with Crippen LogP contribution < -0.4 is 20.1 Å². The summed E-state index contributed by atoms with van der Waals surface area (Å²) < 4.78 is 64.8. The van der Waals surface area contributed by atoms with Gasteiger partial charge in [0.05, 0.1) is 61.5 Å². The molecule has 2 aromatic heterocycles. The second kappa shape index (κ2) is 20.5. The number of urea groups is 1. The predicted molar refractivity (Wildman–Crippen MR) is 236 cm³/mol. The number of amides is 3. The van der Waals surface area contributed by atoms with Crippen LogP contribution in [0.15, 0.2) is 71.5 Å². The number of anilines is 2. The fourth-order valence-electron chi connectivity index (χ4n) is 7.56. The van der Waals surface area contributed by atoms with Crippen LogP contribution >= 0.6 is 15.9 Å². The molecule has 5 aromatic rings. The van der Waals surface area contributed by atoms with Gasteiger partial charge in [-0.15, -0.1) is 0 Å². The number of rotatable bonds is 16. The molecule has 21 heteroatoms. The van der Waals surface area contributed by atoms with Gasteiger partial charge in [-0.05, 0) is 74.2 Å². The summed E-state index contributed by atoms with van der Waals surface area (Å²) in [5.74, 6) is 1.31. The molecule has 3 aromatic carbocycles. The highest BCUT2D eigenvalue weighted by Gasteiger charge is 2.40.